The van der Waals surface area contributed by atoms with Crippen molar-refractivity contribution in [3.8, 4) is 0 Å². The first-order chi connectivity index (χ1) is 8.52. The second-order valence-electron chi connectivity index (χ2n) is 3.38. The lowest BCUT2D eigenvalue weighted by Gasteiger charge is -2.09. The van der Waals surface area contributed by atoms with E-state index >= 15 is 0 Å². The quantitative estimate of drug-likeness (QED) is 0.789. The molecule has 1 rings (SSSR count). The van der Waals surface area contributed by atoms with E-state index in [1.54, 1.807) is 0 Å². The molecule has 5 nitrogen and oxygen atoms in total. The summed E-state index contributed by atoms with van der Waals surface area (Å²) in [5.74, 6) is -1.70. The molecule has 0 spiro atoms. The maximum absolute atomic E-state index is 13.0. The van der Waals surface area contributed by atoms with Gasteiger partial charge in [-0.05, 0) is 23.8 Å². The third-order valence-corrected chi connectivity index (χ3v) is 1.98. The number of rotatable bonds is 5. The molecular formula is C12H12FNO4. The van der Waals surface area contributed by atoms with Crippen molar-refractivity contribution in [1.29, 1.82) is 0 Å². The van der Waals surface area contributed by atoms with Crippen molar-refractivity contribution < 1.29 is 23.8 Å². The number of carboxylic acid groups (broad SMARTS) is 1. The molecule has 0 aliphatic rings. The Morgan fingerprint density at radius 2 is 2.22 bits per heavy atom. The van der Waals surface area contributed by atoms with Crippen LogP contribution in [0.2, 0.25) is 0 Å². The van der Waals surface area contributed by atoms with E-state index in [9.17, 15) is 14.0 Å². The molecule has 96 valence electrons. The lowest BCUT2D eigenvalue weighted by atomic mass is 10.1. The second kappa shape index (κ2) is 6.39. The van der Waals surface area contributed by atoms with Crippen molar-refractivity contribution in [1.82, 2.24) is 0 Å². The highest BCUT2D eigenvalue weighted by atomic mass is 19.1. The lowest BCUT2D eigenvalue weighted by Crippen LogP contribution is -2.16. The van der Waals surface area contributed by atoms with Gasteiger partial charge in [-0.3, -0.25) is 10.1 Å². The first-order valence-corrected chi connectivity index (χ1v) is 5.08. The number of hydrogen-bond donors (Lipinski definition) is 2. The van der Waals surface area contributed by atoms with Crippen LogP contribution in [0, 0.1) is 5.82 Å². The van der Waals surface area contributed by atoms with Crippen LogP contribution in [0.25, 0.3) is 0 Å². The van der Waals surface area contributed by atoms with E-state index in [4.69, 9.17) is 5.11 Å². The fraction of sp³-hybridized carbons (Fsp3) is 0.167. The highest BCUT2D eigenvalue weighted by Gasteiger charge is 2.11. The Bertz CT molecular complexity index is 473. The Hall–Kier alpha value is -2.37. The summed E-state index contributed by atoms with van der Waals surface area (Å²) in [6, 6.07) is 3.45. The molecule has 6 heteroatoms. The van der Waals surface area contributed by atoms with Gasteiger partial charge in [-0.15, -0.1) is 0 Å². The summed E-state index contributed by atoms with van der Waals surface area (Å²) >= 11 is 0. The van der Waals surface area contributed by atoms with E-state index in [1.807, 2.05) is 0 Å². The van der Waals surface area contributed by atoms with Crippen molar-refractivity contribution in [3.63, 3.8) is 0 Å². The Morgan fingerprint density at radius 1 is 1.50 bits per heavy atom. The summed E-state index contributed by atoms with van der Waals surface area (Å²) in [4.78, 5) is 21.9. The van der Waals surface area contributed by atoms with Crippen LogP contribution < -0.4 is 5.32 Å². The molecule has 0 atom stereocenters. The van der Waals surface area contributed by atoms with Gasteiger partial charge < -0.3 is 9.84 Å². The largest absolute Gasteiger partial charge is 0.481 e. The molecule has 0 aliphatic carbocycles. The highest BCUT2D eigenvalue weighted by molar-refractivity contribution is 5.87. The van der Waals surface area contributed by atoms with Crippen molar-refractivity contribution >= 4 is 17.7 Å². The van der Waals surface area contributed by atoms with Gasteiger partial charge in [0.25, 0.3) is 0 Å². The monoisotopic (exact) mass is 253 g/mol. The lowest BCUT2D eigenvalue weighted by molar-refractivity contribution is -0.136. The maximum atomic E-state index is 13.0. The minimum absolute atomic E-state index is 0.0291. The molecule has 1 amide bonds. The molecule has 0 unspecified atom stereocenters. The van der Waals surface area contributed by atoms with Gasteiger partial charge in [-0.1, -0.05) is 12.7 Å². The SMILES string of the molecule is C=CCOC(=O)Nc1ccc(F)cc1CC(=O)O. The Balaban J connectivity index is 2.83. The van der Waals surface area contributed by atoms with Crippen LogP contribution in [0.1, 0.15) is 5.56 Å². The van der Waals surface area contributed by atoms with Gasteiger partial charge in [0.05, 0.1) is 6.42 Å². The molecule has 1 aromatic rings. The van der Waals surface area contributed by atoms with E-state index in [1.165, 1.54) is 12.1 Å². The van der Waals surface area contributed by atoms with E-state index in [0.717, 1.165) is 12.1 Å². The predicted octanol–water partition coefficient (Wildman–Crippen LogP) is 2.19. The molecule has 0 aliphatic heterocycles. The smallest absolute Gasteiger partial charge is 0.411 e. The van der Waals surface area contributed by atoms with Crippen LogP contribution in [0.3, 0.4) is 0 Å². The van der Waals surface area contributed by atoms with Crippen LogP contribution >= 0.6 is 0 Å². The Kier molecular flexibility index (Phi) is 4.86. The number of carboxylic acids is 1. The number of benzene rings is 1. The number of nitrogens with one attached hydrogen (secondary N) is 1. The molecular weight excluding hydrogens is 241 g/mol. The third kappa shape index (κ3) is 4.25. The zero-order valence-corrected chi connectivity index (χ0v) is 9.48. The molecule has 0 bridgehead atoms. The zero-order valence-electron chi connectivity index (χ0n) is 9.48. The van der Waals surface area contributed by atoms with Gasteiger partial charge in [0, 0.05) is 5.69 Å². The van der Waals surface area contributed by atoms with Gasteiger partial charge in [0.2, 0.25) is 0 Å². The Morgan fingerprint density at radius 3 is 2.83 bits per heavy atom. The molecule has 0 heterocycles. The van der Waals surface area contributed by atoms with E-state index < -0.39 is 24.3 Å². The number of carbonyl (C=O) groups is 2. The number of carbonyl (C=O) groups excluding carboxylic acids is 1. The number of halogens is 1. The van der Waals surface area contributed by atoms with Gasteiger partial charge in [-0.2, -0.15) is 0 Å². The van der Waals surface area contributed by atoms with E-state index in [-0.39, 0.29) is 17.9 Å². The molecule has 0 saturated heterocycles. The van der Waals surface area contributed by atoms with Crippen LogP contribution in [0.5, 0.6) is 0 Å². The average Bonchev–Trinajstić information content (AvgIpc) is 2.29. The van der Waals surface area contributed by atoms with Crippen LogP contribution in [-0.2, 0) is 16.0 Å². The predicted molar refractivity (Wildman–Crippen MR) is 62.9 cm³/mol. The van der Waals surface area contributed by atoms with Crippen LogP contribution in [0.15, 0.2) is 30.9 Å². The minimum Gasteiger partial charge on any atom is -0.481 e. The summed E-state index contributed by atoms with van der Waals surface area (Å²) in [5, 5.41) is 11.0. The van der Waals surface area contributed by atoms with E-state index in [0.29, 0.717) is 0 Å². The summed E-state index contributed by atoms with van der Waals surface area (Å²) in [6.07, 6.45) is 0.241. The van der Waals surface area contributed by atoms with Crippen molar-refractivity contribution in [2.45, 2.75) is 6.42 Å². The summed E-state index contributed by atoms with van der Waals surface area (Å²) in [6.45, 7) is 3.40. The first-order valence-electron chi connectivity index (χ1n) is 5.08. The number of amides is 1. The first kappa shape index (κ1) is 13.7. The molecule has 0 saturated carbocycles. The minimum atomic E-state index is -1.12. The average molecular weight is 253 g/mol. The maximum Gasteiger partial charge on any atom is 0.411 e. The summed E-state index contributed by atoms with van der Waals surface area (Å²) in [5.41, 5.74) is 0.367. The van der Waals surface area contributed by atoms with Crippen LogP contribution in [-0.4, -0.2) is 23.8 Å². The van der Waals surface area contributed by atoms with Gasteiger partial charge in [0.1, 0.15) is 12.4 Å². The fourth-order valence-electron chi connectivity index (χ4n) is 1.27. The number of ether oxygens (including phenoxy) is 1. The van der Waals surface area contributed by atoms with Crippen LogP contribution in [0.4, 0.5) is 14.9 Å². The second-order valence-corrected chi connectivity index (χ2v) is 3.38. The van der Waals surface area contributed by atoms with Crippen molar-refractivity contribution in [3.05, 3.63) is 42.2 Å². The third-order valence-electron chi connectivity index (χ3n) is 1.98. The number of anilines is 1. The topological polar surface area (TPSA) is 75.6 Å². The molecule has 18 heavy (non-hydrogen) atoms. The van der Waals surface area contributed by atoms with E-state index in [2.05, 4.69) is 16.6 Å². The van der Waals surface area contributed by atoms with Crippen molar-refractivity contribution in [2.75, 3.05) is 11.9 Å². The fourth-order valence-corrected chi connectivity index (χ4v) is 1.27. The Labute approximate surface area is 103 Å². The summed E-state index contributed by atoms with van der Waals surface area (Å²) in [7, 11) is 0. The molecule has 0 radical (unpaired) electrons. The molecule has 1 aromatic carbocycles. The van der Waals surface area contributed by atoms with Gasteiger partial charge >= 0.3 is 12.1 Å². The molecule has 2 N–H and O–H groups in total. The number of hydrogen-bond acceptors (Lipinski definition) is 3. The highest BCUT2D eigenvalue weighted by Crippen LogP contribution is 2.18. The van der Waals surface area contributed by atoms with Gasteiger partial charge in [0.15, 0.2) is 0 Å². The van der Waals surface area contributed by atoms with Crippen molar-refractivity contribution in [2.24, 2.45) is 0 Å². The van der Waals surface area contributed by atoms with Gasteiger partial charge in [-0.25, -0.2) is 9.18 Å². The summed E-state index contributed by atoms with van der Waals surface area (Å²) < 4.78 is 17.7. The standard InChI is InChI=1S/C12H12FNO4/c1-2-5-18-12(17)14-10-4-3-9(13)6-8(10)7-11(15)16/h2-4,6H,1,5,7H2,(H,14,17)(H,15,16). The normalized spacial score (nSPS) is 9.61. The molecule has 0 aromatic heterocycles. The zero-order chi connectivity index (χ0) is 13.5. The number of aliphatic carboxylic acids is 1. The molecule has 0 fully saturated rings.